The van der Waals surface area contributed by atoms with Crippen LogP contribution in [0.2, 0.25) is 0 Å². The van der Waals surface area contributed by atoms with E-state index in [0.29, 0.717) is 12.1 Å². The first kappa shape index (κ1) is 22.1. The lowest BCUT2D eigenvalue weighted by Crippen LogP contribution is -2.47. The summed E-state index contributed by atoms with van der Waals surface area (Å²) >= 11 is 0. The Morgan fingerprint density at radius 1 is 0.848 bits per heavy atom. The predicted molar refractivity (Wildman–Crippen MR) is 130 cm³/mol. The van der Waals surface area contributed by atoms with Gasteiger partial charge in [-0.2, -0.15) is 0 Å². The van der Waals surface area contributed by atoms with E-state index in [2.05, 4.69) is 10.6 Å². The molecule has 0 spiro atoms. The summed E-state index contributed by atoms with van der Waals surface area (Å²) in [6.45, 7) is 0.265. The minimum Gasteiger partial charge on any atom is -0.445 e. The average Bonchev–Trinajstić information content (AvgIpc) is 2.88. The monoisotopic (exact) mass is 438 g/mol. The number of allylic oxidation sites excluding steroid dienone is 3. The Morgan fingerprint density at radius 2 is 1.48 bits per heavy atom. The van der Waals surface area contributed by atoms with Crippen molar-refractivity contribution in [2.45, 2.75) is 13.0 Å². The first-order valence-corrected chi connectivity index (χ1v) is 10.9. The van der Waals surface area contributed by atoms with Crippen molar-refractivity contribution in [1.29, 1.82) is 0 Å². The van der Waals surface area contributed by atoms with Gasteiger partial charge < -0.3 is 15.4 Å². The minimum atomic E-state index is -0.988. The largest absolute Gasteiger partial charge is 0.445 e. The molecule has 5 heteroatoms. The van der Waals surface area contributed by atoms with Gasteiger partial charge in [0.1, 0.15) is 6.61 Å². The zero-order chi connectivity index (χ0) is 22.9. The SMILES string of the molecule is O=C(NCC1(C(=O)Nc2ccccc2)CC=CC=C1c1ccccc1)OCc1ccccc1. The van der Waals surface area contributed by atoms with Crippen molar-refractivity contribution >= 4 is 23.3 Å². The normalized spacial score (nSPS) is 17.0. The molecule has 0 heterocycles. The van der Waals surface area contributed by atoms with E-state index < -0.39 is 11.5 Å². The highest BCUT2D eigenvalue weighted by Crippen LogP contribution is 2.42. The van der Waals surface area contributed by atoms with E-state index in [-0.39, 0.29) is 19.1 Å². The van der Waals surface area contributed by atoms with Gasteiger partial charge in [-0.3, -0.25) is 4.79 Å². The molecule has 0 saturated carbocycles. The fourth-order valence-corrected chi connectivity index (χ4v) is 3.93. The summed E-state index contributed by atoms with van der Waals surface area (Å²) in [5, 5.41) is 5.86. The molecular weight excluding hydrogens is 412 g/mol. The van der Waals surface area contributed by atoms with E-state index in [4.69, 9.17) is 4.74 Å². The molecule has 2 amide bonds. The van der Waals surface area contributed by atoms with Crippen LogP contribution in [0.15, 0.2) is 109 Å². The third kappa shape index (κ3) is 5.39. The Bertz CT molecular complexity index is 1140. The van der Waals surface area contributed by atoms with Gasteiger partial charge in [-0.25, -0.2) is 4.79 Å². The van der Waals surface area contributed by atoms with Crippen LogP contribution < -0.4 is 10.6 Å². The number of hydrogen-bond donors (Lipinski definition) is 2. The molecule has 0 radical (unpaired) electrons. The first-order valence-electron chi connectivity index (χ1n) is 10.9. The number of nitrogens with one attached hydrogen (secondary N) is 2. The lowest BCUT2D eigenvalue weighted by atomic mass is 9.71. The summed E-state index contributed by atoms with van der Waals surface area (Å²) in [7, 11) is 0. The summed E-state index contributed by atoms with van der Waals surface area (Å²) in [6, 6.07) is 28.6. The molecule has 1 aliphatic carbocycles. The summed E-state index contributed by atoms with van der Waals surface area (Å²) < 4.78 is 5.38. The fraction of sp³-hybridized carbons (Fsp3) is 0.143. The lowest BCUT2D eigenvalue weighted by Gasteiger charge is -2.36. The van der Waals surface area contributed by atoms with Crippen LogP contribution in [0.4, 0.5) is 10.5 Å². The summed E-state index contributed by atoms with van der Waals surface area (Å²) in [4.78, 5) is 26.2. The van der Waals surface area contributed by atoms with Crippen LogP contribution >= 0.6 is 0 Å². The molecule has 3 aromatic carbocycles. The molecule has 0 saturated heterocycles. The summed E-state index contributed by atoms with van der Waals surface area (Å²) in [5.41, 5.74) is 2.40. The van der Waals surface area contributed by atoms with E-state index in [1.54, 1.807) is 0 Å². The van der Waals surface area contributed by atoms with Crippen molar-refractivity contribution in [2.75, 3.05) is 11.9 Å². The minimum absolute atomic E-state index is 0.102. The maximum atomic E-state index is 13.7. The van der Waals surface area contributed by atoms with Crippen LogP contribution in [-0.2, 0) is 16.1 Å². The van der Waals surface area contributed by atoms with Gasteiger partial charge in [-0.1, -0.05) is 97.1 Å². The van der Waals surface area contributed by atoms with Gasteiger partial charge in [0.2, 0.25) is 5.91 Å². The highest BCUT2D eigenvalue weighted by atomic mass is 16.5. The fourth-order valence-electron chi connectivity index (χ4n) is 3.93. The number of anilines is 1. The Morgan fingerprint density at radius 3 is 2.18 bits per heavy atom. The maximum Gasteiger partial charge on any atom is 0.407 e. The van der Waals surface area contributed by atoms with Crippen molar-refractivity contribution in [1.82, 2.24) is 5.32 Å². The Kier molecular flexibility index (Phi) is 7.00. The van der Waals surface area contributed by atoms with Crippen LogP contribution in [0, 0.1) is 5.41 Å². The molecule has 0 aromatic heterocycles. The van der Waals surface area contributed by atoms with E-state index in [9.17, 15) is 9.59 Å². The van der Waals surface area contributed by atoms with Crippen molar-refractivity contribution in [3.8, 4) is 0 Å². The van der Waals surface area contributed by atoms with Crippen LogP contribution in [0.1, 0.15) is 17.5 Å². The second-order valence-corrected chi connectivity index (χ2v) is 7.90. The molecule has 3 aromatic rings. The molecule has 0 aliphatic heterocycles. The zero-order valence-corrected chi connectivity index (χ0v) is 18.2. The average molecular weight is 439 g/mol. The van der Waals surface area contributed by atoms with Gasteiger partial charge in [0.25, 0.3) is 0 Å². The topological polar surface area (TPSA) is 67.4 Å². The van der Waals surface area contributed by atoms with Crippen molar-refractivity contribution < 1.29 is 14.3 Å². The van der Waals surface area contributed by atoms with E-state index in [1.807, 2.05) is 109 Å². The Balaban J connectivity index is 1.56. The quantitative estimate of drug-likeness (QED) is 0.506. The van der Waals surface area contributed by atoms with Gasteiger partial charge in [0.05, 0.1) is 5.41 Å². The molecule has 166 valence electrons. The highest BCUT2D eigenvalue weighted by Gasteiger charge is 2.43. The highest BCUT2D eigenvalue weighted by molar-refractivity contribution is 6.05. The summed E-state index contributed by atoms with van der Waals surface area (Å²) in [6.07, 6.45) is 5.73. The van der Waals surface area contributed by atoms with Crippen molar-refractivity contribution in [2.24, 2.45) is 5.41 Å². The number of ether oxygens (including phenoxy) is 1. The van der Waals surface area contributed by atoms with Gasteiger partial charge in [0.15, 0.2) is 0 Å². The third-order valence-corrected chi connectivity index (χ3v) is 5.68. The number of carbonyl (C=O) groups is 2. The number of rotatable bonds is 7. The van der Waals surface area contributed by atoms with E-state index in [1.165, 1.54) is 0 Å². The molecule has 1 unspecified atom stereocenters. The Hall–Kier alpha value is -4.12. The molecule has 4 rings (SSSR count). The second kappa shape index (κ2) is 10.5. The van der Waals surface area contributed by atoms with Gasteiger partial charge in [0, 0.05) is 12.2 Å². The Labute approximate surface area is 193 Å². The van der Waals surface area contributed by atoms with Gasteiger partial charge in [-0.15, -0.1) is 0 Å². The van der Waals surface area contributed by atoms with Crippen LogP contribution in [0.25, 0.3) is 5.57 Å². The molecular formula is C28H26N2O3. The summed E-state index contributed by atoms with van der Waals surface area (Å²) in [5.74, 6) is -0.184. The van der Waals surface area contributed by atoms with Crippen LogP contribution in [-0.4, -0.2) is 18.5 Å². The number of benzene rings is 3. The van der Waals surface area contributed by atoms with Gasteiger partial charge in [-0.05, 0) is 35.3 Å². The maximum absolute atomic E-state index is 13.7. The third-order valence-electron chi connectivity index (χ3n) is 5.68. The lowest BCUT2D eigenvalue weighted by molar-refractivity contribution is -0.122. The number of para-hydroxylation sites is 1. The second-order valence-electron chi connectivity index (χ2n) is 7.90. The molecule has 0 fully saturated rings. The van der Waals surface area contributed by atoms with Crippen molar-refractivity contribution in [3.63, 3.8) is 0 Å². The predicted octanol–water partition coefficient (Wildman–Crippen LogP) is 5.58. The number of amides is 2. The van der Waals surface area contributed by atoms with Crippen LogP contribution in [0.3, 0.4) is 0 Å². The molecule has 0 bridgehead atoms. The van der Waals surface area contributed by atoms with Crippen molar-refractivity contribution in [3.05, 3.63) is 120 Å². The molecule has 1 atom stereocenters. The standard InChI is InChI=1S/C28H26N2O3/c31-26(30-24-16-8-3-9-17-24)28(19-11-10-18-25(28)23-14-6-2-7-15-23)21-29-27(32)33-20-22-12-4-1-5-13-22/h1-18H,19-21H2,(H,29,32)(H,30,31). The van der Waals surface area contributed by atoms with E-state index in [0.717, 1.165) is 16.7 Å². The molecule has 33 heavy (non-hydrogen) atoms. The number of carbonyl (C=O) groups excluding carboxylic acids is 2. The molecule has 1 aliphatic rings. The smallest absolute Gasteiger partial charge is 0.407 e. The number of alkyl carbamates (subject to hydrolysis) is 1. The van der Waals surface area contributed by atoms with Gasteiger partial charge >= 0.3 is 6.09 Å². The number of hydrogen-bond acceptors (Lipinski definition) is 3. The zero-order valence-electron chi connectivity index (χ0n) is 18.2. The first-order chi connectivity index (χ1) is 16.2. The molecule has 2 N–H and O–H groups in total. The van der Waals surface area contributed by atoms with E-state index >= 15 is 0 Å². The van der Waals surface area contributed by atoms with Crippen LogP contribution in [0.5, 0.6) is 0 Å². The molecule has 5 nitrogen and oxygen atoms in total.